The Morgan fingerprint density at radius 1 is 1.47 bits per heavy atom. The third kappa shape index (κ3) is 4.32. The summed E-state index contributed by atoms with van der Waals surface area (Å²) in [6.07, 6.45) is 0. The highest BCUT2D eigenvalue weighted by Crippen LogP contribution is 2.25. The Morgan fingerprint density at radius 2 is 2.16 bits per heavy atom. The summed E-state index contributed by atoms with van der Waals surface area (Å²) in [7, 11) is 0. The van der Waals surface area contributed by atoms with Gasteiger partial charge in [0.2, 0.25) is 0 Å². The van der Waals surface area contributed by atoms with Crippen LogP contribution in [-0.4, -0.2) is 19.1 Å². The van der Waals surface area contributed by atoms with E-state index in [0.717, 1.165) is 16.6 Å². The van der Waals surface area contributed by atoms with E-state index in [9.17, 15) is 4.79 Å². The quantitative estimate of drug-likeness (QED) is 0.813. The lowest BCUT2D eigenvalue weighted by Gasteiger charge is -2.30. The van der Waals surface area contributed by atoms with Crippen molar-refractivity contribution in [3.63, 3.8) is 0 Å². The molecule has 0 spiro atoms. The zero-order valence-electron chi connectivity index (χ0n) is 12.0. The Hall–Kier alpha value is -0.870. The fourth-order valence-corrected chi connectivity index (χ4v) is 2.17. The summed E-state index contributed by atoms with van der Waals surface area (Å²) in [5, 5.41) is 3.33. The summed E-state index contributed by atoms with van der Waals surface area (Å²) in [5.74, 6) is 0.217. The van der Waals surface area contributed by atoms with Gasteiger partial charge in [-0.2, -0.15) is 0 Å². The molecule has 1 rings (SSSR count). The van der Waals surface area contributed by atoms with E-state index in [4.69, 9.17) is 4.74 Å². The maximum Gasteiger partial charge on any atom is 0.330 e. The first-order valence-electron chi connectivity index (χ1n) is 6.58. The van der Waals surface area contributed by atoms with Gasteiger partial charge in [0.25, 0.3) is 0 Å². The van der Waals surface area contributed by atoms with Crippen LogP contribution in [0.2, 0.25) is 0 Å². The average molecular weight is 328 g/mol. The molecule has 19 heavy (non-hydrogen) atoms. The Bertz CT molecular complexity index is 434. The number of carbonyl (C=O) groups excluding carboxylic acids is 1. The van der Waals surface area contributed by atoms with E-state index < -0.39 is 5.54 Å². The fourth-order valence-electron chi connectivity index (χ4n) is 1.78. The minimum Gasteiger partial charge on any atom is -0.464 e. The molecule has 1 atom stereocenters. The summed E-state index contributed by atoms with van der Waals surface area (Å²) >= 11 is 3.44. The second-order valence-electron chi connectivity index (χ2n) is 5.13. The molecule has 0 aliphatic rings. The number of rotatable bonds is 6. The fraction of sp³-hybridized carbons (Fsp3) is 0.533. The molecule has 0 radical (unpaired) electrons. The molecular formula is C15H22BrNO2. The summed E-state index contributed by atoms with van der Waals surface area (Å²) in [4.78, 5) is 12.3. The molecule has 0 aliphatic carbocycles. The van der Waals surface area contributed by atoms with Gasteiger partial charge in [-0.25, -0.2) is 4.79 Å². The number of esters is 1. The number of nitrogens with one attached hydrogen (secondary N) is 1. The van der Waals surface area contributed by atoms with Gasteiger partial charge in [-0.15, -0.1) is 0 Å². The van der Waals surface area contributed by atoms with E-state index in [0.29, 0.717) is 12.5 Å². The first-order valence-corrected chi connectivity index (χ1v) is 7.37. The van der Waals surface area contributed by atoms with Gasteiger partial charge in [0.15, 0.2) is 0 Å². The summed E-state index contributed by atoms with van der Waals surface area (Å²) < 4.78 is 6.17. The van der Waals surface area contributed by atoms with Crippen LogP contribution in [0.15, 0.2) is 28.7 Å². The van der Waals surface area contributed by atoms with E-state index in [1.54, 1.807) is 0 Å². The van der Waals surface area contributed by atoms with Crippen LogP contribution >= 0.6 is 15.9 Å². The van der Waals surface area contributed by atoms with Crippen molar-refractivity contribution in [1.29, 1.82) is 0 Å². The summed E-state index contributed by atoms with van der Waals surface area (Å²) in [6, 6.07) is 7.75. The van der Waals surface area contributed by atoms with Crippen molar-refractivity contribution in [3.8, 4) is 0 Å². The van der Waals surface area contributed by atoms with Gasteiger partial charge < -0.3 is 4.74 Å². The molecule has 0 amide bonds. The molecule has 0 bridgehead atoms. The van der Waals surface area contributed by atoms with Gasteiger partial charge in [-0.3, -0.25) is 5.32 Å². The molecule has 0 fully saturated rings. The second-order valence-corrected chi connectivity index (χ2v) is 6.05. The van der Waals surface area contributed by atoms with Gasteiger partial charge in [-0.1, -0.05) is 41.9 Å². The second kappa shape index (κ2) is 7.06. The summed E-state index contributed by atoms with van der Waals surface area (Å²) in [6.45, 7) is 9.05. The van der Waals surface area contributed by atoms with Crippen molar-refractivity contribution in [2.75, 3.05) is 13.2 Å². The SMILES string of the molecule is CCOC(=O)C(C)(NCC(C)C)c1cccc(Br)c1. The molecule has 0 heterocycles. The van der Waals surface area contributed by atoms with Crippen LogP contribution in [-0.2, 0) is 15.1 Å². The van der Waals surface area contributed by atoms with Gasteiger partial charge >= 0.3 is 5.97 Å². The third-order valence-corrected chi connectivity index (χ3v) is 3.44. The number of hydrogen-bond acceptors (Lipinski definition) is 3. The van der Waals surface area contributed by atoms with E-state index >= 15 is 0 Å². The van der Waals surface area contributed by atoms with Crippen molar-refractivity contribution >= 4 is 21.9 Å². The van der Waals surface area contributed by atoms with E-state index in [1.807, 2.05) is 38.1 Å². The van der Waals surface area contributed by atoms with Gasteiger partial charge in [0.1, 0.15) is 5.54 Å². The third-order valence-electron chi connectivity index (χ3n) is 2.95. The highest BCUT2D eigenvalue weighted by Gasteiger charge is 2.36. The number of ether oxygens (including phenoxy) is 1. The lowest BCUT2D eigenvalue weighted by atomic mass is 9.91. The lowest BCUT2D eigenvalue weighted by molar-refractivity contribution is -0.151. The maximum absolute atomic E-state index is 12.3. The van der Waals surface area contributed by atoms with Crippen LogP contribution < -0.4 is 5.32 Å². The van der Waals surface area contributed by atoms with E-state index in [2.05, 4.69) is 35.1 Å². The normalized spacial score (nSPS) is 14.2. The minimum absolute atomic E-state index is 0.242. The Labute approximate surface area is 123 Å². The molecule has 106 valence electrons. The van der Waals surface area contributed by atoms with Gasteiger partial charge in [0.05, 0.1) is 6.61 Å². The van der Waals surface area contributed by atoms with Gasteiger partial charge in [0, 0.05) is 4.47 Å². The monoisotopic (exact) mass is 327 g/mol. The maximum atomic E-state index is 12.3. The standard InChI is InChI=1S/C15H22BrNO2/c1-5-19-14(18)15(4,17-10-11(2)3)12-7-6-8-13(16)9-12/h6-9,11,17H,5,10H2,1-4H3. The van der Waals surface area contributed by atoms with Gasteiger partial charge in [-0.05, 0) is 44.0 Å². The summed E-state index contributed by atoms with van der Waals surface area (Å²) in [5.41, 5.74) is 0.0883. The topological polar surface area (TPSA) is 38.3 Å². The van der Waals surface area contributed by atoms with Crippen molar-refractivity contribution in [1.82, 2.24) is 5.32 Å². The Morgan fingerprint density at radius 3 is 2.68 bits per heavy atom. The first kappa shape index (κ1) is 16.2. The van der Waals surface area contributed by atoms with Crippen LogP contribution in [0.3, 0.4) is 0 Å². The molecule has 0 aromatic heterocycles. The predicted octanol–water partition coefficient (Wildman–Crippen LogP) is 3.47. The van der Waals surface area contributed by atoms with Crippen LogP contribution in [0.25, 0.3) is 0 Å². The Balaban J connectivity index is 3.06. The van der Waals surface area contributed by atoms with Crippen molar-refractivity contribution < 1.29 is 9.53 Å². The predicted molar refractivity (Wildman–Crippen MR) is 81.0 cm³/mol. The molecule has 1 N–H and O–H groups in total. The van der Waals surface area contributed by atoms with Crippen molar-refractivity contribution in [2.24, 2.45) is 5.92 Å². The average Bonchev–Trinajstić information content (AvgIpc) is 2.36. The minimum atomic E-state index is -0.815. The van der Waals surface area contributed by atoms with Crippen molar-refractivity contribution in [3.05, 3.63) is 34.3 Å². The molecule has 1 unspecified atom stereocenters. The lowest BCUT2D eigenvalue weighted by Crippen LogP contribution is -2.49. The van der Waals surface area contributed by atoms with E-state index in [1.165, 1.54) is 0 Å². The van der Waals surface area contributed by atoms with E-state index in [-0.39, 0.29) is 5.97 Å². The molecular weight excluding hydrogens is 306 g/mol. The molecule has 1 aromatic rings. The molecule has 1 aromatic carbocycles. The molecule has 4 heteroatoms. The van der Waals surface area contributed by atoms with Crippen molar-refractivity contribution in [2.45, 2.75) is 33.2 Å². The highest BCUT2D eigenvalue weighted by atomic mass is 79.9. The number of carbonyl (C=O) groups is 1. The smallest absolute Gasteiger partial charge is 0.330 e. The van der Waals surface area contributed by atoms with Crippen LogP contribution in [0, 0.1) is 5.92 Å². The zero-order chi connectivity index (χ0) is 14.5. The number of halogens is 1. The number of benzene rings is 1. The highest BCUT2D eigenvalue weighted by molar-refractivity contribution is 9.10. The van der Waals surface area contributed by atoms with Crippen LogP contribution in [0.1, 0.15) is 33.3 Å². The Kier molecular flexibility index (Phi) is 6.01. The largest absolute Gasteiger partial charge is 0.464 e. The molecule has 0 aliphatic heterocycles. The van der Waals surface area contributed by atoms with Crippen LogP contribution in [0.5, 0.6) is 0 Å². The first-order chi connectivity index (χ1) is 8.90. The molecule has 0 saturated heterocycles. The zero-order valence-corrected chi connectivity index (χ0v) is 13.6. The number of hydrogen-bond donors (Lipinski definition) is 1. The molecule has 3 nitrogen and oxygen atoms in total. The molecule has 0 saturated carbocycles. The van der Waals surface area contributed by atoms with Crippen LogP contribution in [0.4, 0.5) is 0 Å².